The molecule has 0 aromatic carbocycles. The fourth-order valence-electron chi connectivity index (χ4n) is 3.67. The average Bonchev–Trinajstić information content (AvgIpc) is 2.98. The van der Waals surface area contributed by atoms with Crippen molar-refractivity contribution >= 4 is 0 Å². The molecule has 0 bridgehead atoms. The quantitative estimate of drug-likeness (QED) is 0.700. The van der Waals surface area contributed by atoms with Crippen molar-refractivity contribution in [3.63, 3.8) is 0 Å². The number of ether oxygens (including phenoxy) is 1. The lowest BCUT2D eigenvalue weighted by molar-refractivity contribution is 0.0325. The van der Waals surface area contributed by atoms with Crippen molar-refractivity contribution in [2.45, 2.75) is 31.3 Å². The van der Waals surface area contributed by atoms with Crippen LogP contribution in [0.3, 0.4) is 0 Å². The lowest BCUT2D eigenvalue weighted by Gasteiger charge is -2.36. The van der Waals surface area contributed by atoms with E-state index in [4.69, 9.17) is 4.74 Å². The van der Waals surface area contributed by atoms with Crippen LogP contribution in [0.2, 0.25) is 0 Å². The average molecular weight is 339 g/mol. The Morgan fingerprint density at radius 1 is 1.17 bits per heavy atom. The van der Waals surface area contributed by atoms with E-state index in [-0.39, 0.29) is 19.3 Å². The summed E-state index contributed by atoms with van der Waals surface area (Å²) < 4.78 is 7.51. The van der Waals surface area contributed by atoms with Gasteiger partial charge in [-0.1, -0.05) is 0 Å². The maximum atomic E-state index is 9.43. The molecule has 0 aliphatic carbocycles. The van der Waals surface area contributed by atoms with Gasteiger partial charge in [0, 0.05) is 32.6 Å². The molecule has 24 heavy (non-hydrogen) atoms. The first-order valence-electron chi connectivity index (χ1n) is 8.87. The maximum absolute atomic E-state index is 9.43. The Morgan fingerprint density at radius 3 is 2.62 bits per heavy atom. The molecule has 1 aromatic heterocycles. The maximum Gasteiger partial charge on any atom is 0.146 e. The Balaban J connectivity index is 1.66. The Labute approximate surface area is 143 Å². The molecule has 1 aromatic rings. The Bertz CT molecular complexity index is 514. The minimum atomic E-state index is -0.172. The monoisotopic (exact) mass is 339 g/mol. The number of aliphatic hydroxyl groups excluding tert-OH is 2. The third kappa shape index (κ3) is 3.94. The zero-order valence-electron chi connectivity index (χ0n) is 14.5. The summed E-state index contributed by atoms with van der Waals surface area (Å²) in [5.41, 5.74) is 0. The van der Waals surface area contributed by atoms with Crippen molar-refractivity contribution in [1.29, 1.82) is 0 Å². The summed E-state index contributed by atoms with van der Waals surface area (Å²) in [7, 11) is 2.04. The van der Waals surface area contributed by atoms with Crippen LogP contribution < -0.4 is 0 Å². The van der Waals surface area contributed by atoms with Crippen molar-refractivity contribution < 1.29 is 14.9 Å². The highest BCUT2D eigenvalue weighted by atomic mass is 16.5. The van der Waals surface area contributed by atoms with Crippen LogP contribution in [0.4, 0.5) is 0 Å². The van der Waals surface area contributed by atoms with Crippen molar-refractivity contribution in [1.82, 2.24) is 24.6 Å². The molecule has 8 heteroatoms. The van der Waals surface area contributed by atoms with Crippen LogP contribution in [0.15, 0.2) is 0 Å². The Morgan fingerprint density at radius 2 is 1.92 bits per heavy atom. The van der Waals surface area contributed by atoms with E-state index in [0.29, 0.717) is 5.92 Å². The molecule has 0 saturated carbocycles. The second kappa shape index (κ2) is 8.35. The van der Waals surface area contributed by atoms with Gasteiger partial charge in [-0.05, 0) is 19.4 Å². The topological polar surface area (TPSA) is 86.9 Å². The van der Waals surface area contributed by atoms with Crippen LogP contribution in [-0.4, -0.2) is 93.4 Å². The molecule has 2 aliphatic heterocycles. The number of aliphatic hydroxyl groups is 2. The molecule has 0 amide bonds. The first kappa shape index (κ1) is 17.8. The summed E-state index contributed by atoms with van der Waals surface area (Å²) in [5.74, 6) is 2.30. The number of likely N-dealkylation sites (tertiary alicyclic amines) is 1. The predicted octanol–water partition coefficient (Wildman–Crippen LogP) is -0.820. The number of hydrogen-bond acceptors (Lipinski definition) is 7. The molecular weight excluding hydrogens is 310 g/mol. The summed E-state index contributed by atoms with van der Waals surface area (Å²) in [5, 5.41) is 27.7. The van der Waals surface area contributed by atoms with E-state index in [1.54, 1.807) is 0 Å². The van der Waals surface area contributed by atoms with E-state index in [0.717, 1.165) is 70.4 Å². The minimum Gasteiger partial charge on any atom is -0.395 e. The second-order valence-corrected chi connectivity index (χ2v) is 6.78. The van der Waals surface area contributed by atoms with Gasteiger partial charge in [0.1, 0.15) is 11.6 Å². The molecule has 2 N–H and O–H groups in total. The fourth-order valence-corrected chi connectivity index (χ4v) is 3.67. The van der Waals surface area contributed by atoms with E-state index in [2.05, 4.69) is 24.6 Å². The highest BCUT2D eigenvalue weighted by Gasteiger charge is 2.29. The summed E-state index contributed by atoms with van der Waals surface area (Å²) in [6, 6.07) is -0.172. The molecule has 2 fully saturated rings. The molecule has 0 spiro atoms. The Hall–Kier alpha value is -1.06. The summed E-state index contributed by atoms with van der Waals surface area (Å²) in [6.07, 6.45) is 2.12. The van der Waals surface area contributed by atoms with Crippen LogP contribution in [0.25, 0.3) is 0 Å². The molecule has 0 unspecified atom stereocenters. The molecule has 0 radical (unpaired) electrons. The van der Waals surface area contributed by atoms with Crippen LogP contribution >= 0.6 is 0 Å². The third-order valence-electron chi connectivity index (χ3n) is 5.22. The van der Waals surface area contributed by atoms with Crippen molar-refractivity contribution in [3.05, 3.63) is 11.6 Å². The molecular formula is C16H29N5O3. The van der Waals surface area contributed by atoms with Gasteiger partial charge in [-0.25, -0.2) is 0 Å². The van der Waals surface area contributed by atoms with Gasteiger partial charge in [-0.2, -0.15) is 0 Å². The van der Waals surface area contributed by atoms with Crippen molar-refractivity contribution in [2.75, 3.05) is 52.6 Å². The van der Waals surface area contributed by atoms with Gasteiger partial charge < -0.3 is 19.5 Å². The first-order valence-corrected chi connectivity index (χ1v) is 8.87. The smallest absolute Gasteiger partial charge is 0.146 e. The number of nitrogens with zero attached hydrogens (tertiary/aromatic N) is 5. The highest BCUT2D eigenvalue weighted by Crippen LogP contribution is 2.27. The standard InChI is InChI=1S/C16H29N5O3/c1-19-15(10-20-5-7-24-8-6-20)17-18-16(19)13-3-2-4-21(9-13)14(11-22)12-23/h13-14,22-23H,2-12H2,1H3/t13-/m0/s1. The molecule has 1 atom stereocenters. The van der Waals surface area contributed by atoms with E-state index in [9.17, 15) is 10.2 Å². The predicted molar refractivity (Wildman–Crippen MR) is 88.6 cm³/mol. The zero-order valence-corrected chi connectivity index (χ0v) is 14.5. The normalized spacial score (nSPS) is 23.9. The number of rotatable bonds is 6. The number of hydrogen-bond donors (Lipinski definition) is 2. The Kier molecular flexibility index (Phi) is 6.18. The lowest BCUT2D eigenvalue weighted by atomic mass is 9.96. The van der Waals surface area contributed by atoms with Crippen molar-refractivity contribution in [3.8, 4) is 0 Å². The number of morpholine rings is 1. The van der Waals surface area contributed by atoms with Crippen LogP contribution in [0.1, 0.15) is 30.4 Å². The molecule has 2 aliphatic rings. The SMILES string of the molecule is Cn1c(CN2CCOCC2)nnc1[C@H]1CCCN(C(CO)CO)C1. The van der Waals surface area contributed by atoms with E-state index in [1.165, 1.54) is 0 Å². The molecule has 2 saturated heterocycles. The molecule has 8 nitrogen and oxygen atoms in total. The zero-order chi connectivity index (χ0) is 16.9. The van der Waals surface area contributed by atoms with Gasteiger partial charge in [0.2, 0.25) is 0 Å². The van der Waals surface area contributed by atoms with Crippen LogP contribution in [0, 0.1) is 0 Å². The largest absolute Gasteiger partial charge is 0.395 e. The van der Waals surface area contributed by atoms with Gasteiger partial charge in [0.25, 0.3) is 0 Å². The van der Waals surface area contributed by atoms with Crippen molar-refractivity contribution in [2.24, 2.45) is 7.05 Å². The van der Waals surface area contributed by atoms with Gasteiger partial charge in [-0.3, -0.25) is 9.80 Å². The van der Waals surface area contributed by atoms with Crippen LogP contribution in [0.5, 0.6) is 0 Å². The highest BCUT2D eigenvalue weighted by molar-refractivity contribution is 5.04. The second-order valence-electron chi connectivity index (χ2n) is 6.78. The van der Waals surface area contributed by atoms with Gasteiger partial charge in [0.15, 0.2) is 0 Å². The number of piperidine rings is 1. The lowest BCUT2D eigenvalue weighted by Crippen LogP contribution is -2.46. The first-order chi connectivity index (χ1) is 11.7. The third-order valence-corrected chi connectivity index (χ3v) is 5.22. The number of aromatic nitrogens is 3. The molecule has 136 valence electrons. The van der Waals surface area contributed by atoms with Gasteiger partial charge in [0.05, 0.1) is 39.0 Å². The van der Waals surface area contributed by atoms with Crippen LogP contribution in [-0.2, 0) is 18.3 Å². The fraction of sp³-hybridized carbons (Fsp3) is 0.875. The molecule has 3 rings (SSSR count). The van der Waals surface area contributed by atoms with E-state index < -0.39 is 0 Å². The molecule has 3 heterocycles. The minimum absolute atomic E-state index is 0.00961. The van der Waals surface area contributed by atoms with E-state index in [1.807, 2.05) is 7.05 Å². The summed E-state index contributed by atoms with van der Waals surface area (Å²) in [6.45, 7) is 5.96. The van der Waals surface area contributed by atoms with Gasteiger partial charge in [-0.15, -0.1) is 10.2 Å². The van der Waals surface area contributed by atoms with Gasteiger partial charge >= 0.3 is 0 Å². The summed E-state index contributed by atoms with van der Waals surface area (Å²) in [4.78, 5) is 4.52. The van der Waals surface area contributed by atoms with E-state index >= 15 is 0 Å². The summed E-state index contributed by atoms with van der Waals surface area (Å²) >= 11 is 0.